The van der Waals surface area contributed by atoms with Gasteiger partial charge in [-0.25, -0.2) is 9.97 Å². The van der Waals surface area contributed by atoms with Gasteiger partial charge in [-0.05, 0) is 36.4 Å². The van der Waals surface area contributed by atoms with Crippen LogP contribution in [0.25, 0.3) is 55.5 Å². The lowest BCUT2D eigenvalue weighted by atomic mass is 10.1. The molecule has 7 aromatic rings. The van der Waals surface area contributed by atoms with Crippen LogP contribution in [-0.4, -0.2) is 19.1 Å². The fourth-order valence-corrected chi connectivity index (χ4v) is 4.86. The Morgan fingerprint density at radius 3 is 2.03 bits per heavy atom. The summed E-state index contributed by atoms with van der Waals surface area (Å²) in [5, 5.41) is 3.66. The van der Waals surface area contributed by atoms with E-state index in [1.807, 2.05) is 48.8 Å². The Balaban J connectivity index is 1.48. The Kier molecular flexibility index (Phi) is 4.11. The zero-order valence-electron chi connectivity index (χ0n) is 18.3. The van der Waals surface area contributed by atoms with Crippen molar-refractivity contribution in [1.82, 2.24) is 19.1 Å². The van der Waals surface area contributed by atoms with Crippen LogP contribution in [0, 0.1) is 0 Å². The highest BCUT2D eigenvalue weighted by atomic mass is 15.0. The van der Waals surface area contributed by atoms with Gasteiger partial charge in [0.25, 0.3) is 0 Å². The third kappa shape index (κ3) is 2.86. The molecule has 160 valence electrons. The summed E-state index contributed by atoms with van der Waals surface area (Å²) in [6, 6.07) is 35.8. The molecule has 0 aliphatic rings. The Bertz CT molecular complexity index is 1780. The Morgan fingerprint density at radius 2 is 1.24 bits per heavy atom. The van der Waals surface area contributed by atoms with Gasteiger partial charge < -0.3 is 9.13 Å². The standard InChI is InChI=1S/C30H20N4/c1-3-9-21(10-4-1)30-31-19-24(20-32-30)34-27-14-8-7-13-25(27)26-17-22-15-16-33(28(22)18-29(26)34)23-11-5-2-6-12-23/h1-20H. The maximum atomic E-state index is 4.70. The van der Waals surface area contributed by atoms with E-state index >= 15 is 0 Å². The molecule has 0 aliphatic carbocycles. The molecule has 4 heteroatoms. The van der Waals surface area contributed by atoms with E-state index in [1.54, 1.807) is 0 Å². The highest BCUT2D eigenvalue weighted by Gasteiger charge is 2.15. The monoisotopic (exact) mass is 436 g/mol. The molecule has 4 nitrogen and oxygen atoms in total. The summed E-state index contributed by atoms with van der Waals surface area (Å²) in [5.74, 6) is 0.727. The average molecular weight is 437 g/mol. The summed E-state index contributed by atoms with van der Waals surface area (Å²) in [5.41, 5.74) is 6.56. The molecule has 0 fully saturated rings. The summed E-state index contributed by atoms with van der Waals surface area (Å²) in [6.07, 6.45) is 5.98. The summed E-state index contributed by atoms with van der Waals surface area (Å²) in [7, 11) is 0. The number of rotatable bonds is 3. The van der Waals surface area contributed by atoms with Crippen molar-refractivity contribution >= 4 is 32.7 Å². The van der Waals surface area contributed by atoms with Gasteiger partial charge in [0, 0.05) is 33.6 Å². The second-order valence-electron chi connectivity index (χ2n) is 8.43. The minimum atomic E-state index is 0.727. The molecule has 0 amide bonds. The van der Waals surface area contributed by atoms with E-state index in [-0.39, 0.29) is 0 Å². The van der Waals surface area contributed by atoms with E-state index in [4.69, 9.17) is 9.97 Å². The minimum absolute atomic E-state index is 0.727. The lowest BCUT2D eigenvalue weighted by Crippen LogP contribution is -1.98. The van der Waals surface area contributed by atoms with Crippen molar-refractivity contribution in [2.45, 2.75) is 0 Å². The molecular formula is C30H20N4. The largest absolute Gasteiger partial charge is 0.316 e. The summed E-state index contributed by atoms with van der Waals surface area (Å²) in [6.45, 7) is 0. The summed E-state index contributed by atoms with van der Waals surface area (Å²) < 4.78 is 4.51. The van der Waals surface area contributed by atoms with Crippen LogP contribution in [0.4, 0.5) is 0 Å². The first-order valence-electron chi connectivity index (χ1n) is 11.3. The molecule has 0 aliphatic heterocycles. The molecular weight excluding hydrogens is 416 g/mol. The van der Waals surface area contributed by atoms with E-state index in [1.165, 1.54) is 21.7 Å². The van der Waals surface area contributed by atoms with E-state index in [9.17, 15) is 0 Å². The predicted octanol–water partition coefficient (Wildman–Crippen LogP) is 7.18. The van der Waals surface area contributed by atoms with Crippen molar-refractivity contribution in [3.63, 3.8) is 0 Å². The SMILES string of the molecule is c1ccc(-c2ncc(-n3c4ccccc4c4cc5ccn(-c6ccccc6)c5cc43)cn2)cc1. The van der Waals surface area contributed by atoms with Crippen molar-refractivity contribution in [2.24, 2.45) is 0 Å². The van der Waals surface area contributed by atoms with Crippen LogP contribution in [-0.2, 0) is 0 Å². The van der Waals surface area contributed by atoms with Gasteiger partial charge in [0.1, 0.15) is 0 Å². The van der Waals surface area contributed by atoms with Crippen LogP contribution < -0.4 is 0 Å². The molecule has 3 heterocycles. The van der Waals surface area contributed by atoms with Gasteiger partial charge in [-0.1, -0.05) is 66.7 Å². The van der Waals surface area contributed by atoms with Crippen molar-refractivity contribution in [3.8, 4) is 22.8 Å². The molecule has 3 aromatic heterocycles. The molecule has 0 saturated carbocycles. The summed E-state index contributed by atoms with van der Waals surface area (Å²) in [4.78, 5) is 9.40. The Hall–Kier alpha value is -4.70. The third-order valence-electron chi connectivity index (χ3n) is 6.45. The molecule has 0 saturated heterocycles. The van der Waals surface area contributed by atoms with E-state index in [0.717, 1.165) is 33.8 Å². The molecule has 0 unspecified atom stereocenters. The fraction of sp³-hybridized carbons (Fsp3) is 0. The lowest BCUT2D eigenvalue weighted by molar-refractivity contribution is 1.08. The highest BCUT2D eigenvalue weighted by Crippen LogP contribution is 2.35. The number of aromatic nitrogens is 4. The van der Waals surface area contributed by atoms with Gasteiger partial charge >= 0.3 is 0 Å². The fourth-order valence-electron chi connectivity index (χ4n) is 4.86. The average Bonchev–Trinajstić information content (AvgIpc) is 3.47. The molecule has 0 atom stereocenters. The number of nitrogens with zero attached hydrogens (tertiary/aromatic N) is 4. The minimum Gasteiger partial charge on any atom is -0.316 e. The zero-order valence-corrected chi connectivity index (χ0v) is 18.3. The van der Waals surface area contributed by atoms with Crippen LogP contribution in [0.5, 0.6) is 0 Å². The first-order chi connectivity index (χ1) is 16.9. The van der Waals surface area contributed by atoms with Crippen LogP contribution in [0.1, 0.15) is 0 Å². The Morgan fingerprint density at radius 1 is 0.529 bits per heavy atom. The number of benzene rings is 4. The number of para-hydroxylation sites is 2. The molecule has 0 spiro atoms. The lowest BCUT2D eigenvalue weighted by Gasteiger charge is -2.09. The normalized spacial score (nSPS) is 11.5. The van der Waals surface area contributed by atoms with Crippen molar-refractivity contribution in [2.75, 3.05) is 0 Å². The van der Waals surface area contributed by atoms with Crippen molar-refractivity contribution in [3.05, 3.63) is 122 Å². The van der Waals surface area contributed by atoms with Gasteiger partial charge in [-0.3, -0.25) is 0 Å². The second-order valence-corrected chi connectivity index (χ2v) is 8.43. The van der Waals surface area contributed by atoms with Crippen LogP contribution in [0.2, 0.25) is 0 Å². The predicted molar refractivity (Wildman–Crippen MR) is 139 cm³/mol. The van der Waals surface area contributed by atoms with Gasteiger partial charge in [0.15, 0.2) is 5.82 Å². The van der Waals surface area contributed by atoms with Gasteiger partial charge in [-0.15, -0.1) is 0 Å². The Labute approximate surface area is 196 Å². The number of hydrogen-bond donors (Lipinski definition) is 0. The third-order valence-corrected chi connectivity index (χ3v) is 6.45. The van der Waals surface area contributed by atoms with E-state index in [2.05, 4.69) is 82.1 Å². The zero-order chi connectivity index (χ0) is 22.5. The quantitative estimate of drug-likeness (QED) is 0.294. The topological polar surface area (TPSA) is 35.6 Å². The van der Waals surface area contributed by atoms with Gasteiger partial charge in [0.05, 0.1) is 34.6 Å². The maximum absolute atomic E-state index is 4.70. The van der Waals surface area contributed by atoms with Crippen molar-refractivity contribution in [1.29, 1.82) is 0 Å². The first kappa shape index (κ1) is 18.8. The van der Waals surface area contributed by atoms with E-state index < -0.39 is 0 Å². The van der Waals surface area contributed by atoms with E-state index in [0.29, 0.717) is 0 Å². The van der Waals surface area contributed by atoms with Crippen LogP contribution in [0.3, 0.4) is 0 Å². The van der Waals surface area contributed by atoms with Crippen molar-refractivity contribution < 1.29 is 0 Å². The second kappa shape index (κ2) is 7.42. The molecule has 7 rings (SSSR count). The van der Waals surface area contributed by atoms with Crippen LogP contribution >= 0.6 is 0 Å². The smallest absolute Gasteiger partial charge is 0.159 e. The molecule has 0 N–H and O–H groups in total. The molecule has 0 bridgehead atoms. The summed E-state index contributed by atoms with van der Waals surface area (Å²) >= 11 is 0. The molecule has 4 aromatic carbocycles. The van der Waals surface area contributed by atoms with Gasteiger partial charge in [-0.2, -0.15) is 0 Å². The first-order valence-corrected chi connectivity index (χ1v) is 11.3. The number of fused-ring (bicyclic) bond motifs is 4. The van der Waals surface area contributed by atoms with Crippen LogP contribution in [0.15, 0.2) is 122 Å². The maximum Gasteiger partial charge on any atom is 0.159 e. The number of hydrogen-bond acceptors (Lipinski definition) is 2. The molecule has 34 heavy (non-hydrogen) atoms. The highest BCUT2D eigenvalue weighted by molar-refractivity contribution is 6.13. The van der Waals surface area contributed by atoms with Gasteiger partial charge in [0.2, 0.25) is 0 Å². The molecule has 0 radical (unpaired) electrons.